The van der Waals surface area contributed by atoms with E-state index in [1.165, 1.54) is 0 Å². The maximum atomic E-state index is 11.3. The van der Waals surface area contributed by atoms with Crippen LogP contribution in [0.4, 0.5) is 0 Å². The minimum atomic E-state index is -3.53. The molecule has 102 valence electrons. The molecular weight excluding hydrogens is 262 g/mol. The van der Waals surface area contributed by atoms with E-state index in [4.69, 9.17) is 0 Å². The molecule has 0 aliphatic carbocycles. The Bertz CT molecular complexity index is 539. The zero-order valence-electron chi connectivity index (χ0n) is 11.0. The summed E-state index contributed by atoms with van der Waals surface area (Å²) in [5.41, 5.74) is 1.02. The molecule has 0 bridgehead atoms. The molecule has 0 aliphatic heterocycles. The molecule has 19 heavy (non-hydrogen) atoms. The van der Waals surface area contributed by atoms with Crippen LogP contribution >= 0.6 is 0 Å². The Kier molecular flexibility index (Phi) is 6.18. The fourth-order valence-electron chi connectivity index (χ4n) is 1.24. The number of rotatable bonds is 3. The zero-order valence-corrected chi connectivity index (χ0v) is 11.8. The van der Waals surface area contributed by atoms with Crippen LogP contribution in [0.15, 0.2) is 59.8 Å². The number of benzene rings is 1. The van der Waals surface area contributed by atoms with Gasteiger partial charge in [0.15, 0.2) is 0 Å². The van der Waals surface area contributed by atoms with Gasteiger partial charge in [-0.15, -0.1) is 0 Å². The van der Waals surface area contributed by atoms with Gasteiger partial charge in [-0.2, -0.15) is 8.42 Å². The van der Waals surface area contributed by atoms with Gasteiger partial charge in [-0.1, -0.05) is 23.8 Å². The highest BCUT2D eigenvalue weighted by molar-refractivity contribution is 7.86. The van der Waals surface area contributed by atoms with Crippen LogP contribution in [-0.2, 0) is 14.3 Å². The summed E-state index contributed by atoms with van der Waals surface area (Å²) in [5.74, 6) is 0. The summed E-state index contributed by atoms with van der Waals surface area (Å²) in [4.78, 5) is 3.99. The first-order valence-corrected chi connectivity index (χ1v) is 7.28. The lowest BCUT2D eigenvalue weighted by Gasteiger charge is -2.02. The Morgan fingerprint density at radius 2 is 1.63 bits per heavy atom. The normalized spacial score (nSPS) is 10.4. The van der Waals surface area contributed by atoms with Crippen LogP contribution in [0.3, 0.4) is 0 Å². The largest absolute Gasteiger partial charge is 0.296 e. The van der Waals surface area contributed by atoms with Gasteiger partial charge >= 0.3 is 0 Å². The molecule has 0 saturated carbocycles. The first-order chi connectivity index (χ1) is 9.06. The number of hydrogen-bond donors (Lipinski definition) is 0. The van der Waals surface area contributed by atoms with Crippen molar-refractivity contribution in [2.75, 3.05) is 6.61 Å². The predicted octanol–water partition coefficient (Wildman–Crippen LogP) is 2.80. The number of aryl methyl sites for hydroxylation is 1. The van der Waals surface area contributed by atoms with Gasteiger partial charge in [0.1, 0.15) is 0 Å². The van der Waals surface area contributed by atoms with Crippen LogP contribution in [0.2, 0.25) is 0 Å². The summed E-state index contributed by atoms with van der Waals surface area (Å²) in [6.45, 7) is 3.71. The Morgan fingerprint density at radius 3 is 2.00 bits per heavy atom. The topological polar surface area (TPSA) is 56.3 Å². The Hall–Kier alpha value is -1.72. The van der Waals surface area contributed by atoms with Gasteiger partial charge in [0, 0.05) is 12.4 Å². The molecular formula is C14H17NO3S. The molecule has 1 heterocycles. The molecule has 0 saturated heterocycles. The second-order valence-electron chi connectivity index (χ2n) is 3.70. The highest BCUT2D eigenvalue weighted by Crippen LogP contribution is 2.12. The second kappa shape index (κ2) is 7.66. The van der Waals surface area contributed by atoms with Gasteiger partial charge in [-0.3, -0.25) is 9.17 Å². The van der Waals surface area contributed by atoms with Gasteiger partial charge in [-0.25, -0.2) is 0 Å². The van der Waals surface area contributed by atoms with Crippen LogP contribution in [0.5, 0.6) is 0 Å². The molecule has 0 radical (unpaired) electrons. The van der Waals surface area contributed by atoms with Crippen molar-refractivity contribution in [2.45, 2.75) is 18.7 Å². The molecule has 5 heteroatoms. The summed E-state index contributed by atoms with van der Waals surface area (Å²) < 4.78 is 27.3. The quantitative estimate of drug-likeness (QED) is 0.811. The van der Waals surface area contributed by atoms with Crippen molar-refractivity contribution in [1.29, 1.82) is 0 Å². The summed E-state index contributed by atoms with van der Waals surface area (Å²) in [7, 11) is -3.53. The third-order valence-corrected chi connectivity index (χ3v) is 3.54. The molecule has 0 amide bonds. The second-order valence-corrected chi connectivity index (χ2v) is 5.31. The van der Waals surface area contributed by atoms with Crippen molar-refractivity contribution in [3.8, 4) is 0 Å². The molecule has 0 N–H and O–H groups in total. The molecule has 0 aliphatic rings. The standard InChI is InChI=1S/C9H12O3S.C5H5N/c1-3-12-13(10,11)9-6-4-8(2)5-7-9;1-2-4-6-5-3-1/h4-7H,3H2,1-2H3;1-5H. The third kappa shape index (κ3) is 5.63. The van der Waals surface area contributed by atoms with E-state index in [1.807, 2.05) is 25.1 Å². The van der Waals surface area contributed by atoms with E-state index in [-0.39, 0.29) is 11.5 Å². The van der Waals surface area contributed by atoms with Crippen molar-refractivity contribution >= 4 is 10.1 Å². The summed E-state index contributed by atoms with van der Waals surface area (Å²) >= 11 is 0. The van der Waals surface area contributed by atoms with Gasteiger partial charge in [0.2, 0.25) is 0 Å². The number of nitrogens with zero attached hydrogens (tertiary/aromatic N) is 1. The van der Waals surface area contributed by atoms with E-state index in [0.717, 1.165) is 5.56 Å². The van der Waals surface area contributed by atoms with Crippen LogP contribution in [-0.4, -0.2) is 20.0 Å². The van der Waals surface area contributed by atoms with Crippen LogP contribution < -0.4 is 0 Å². The maximum Gasteiger partial charge on any atom is 0.296 e. The van der Waals surface area contributed by atoms with Gasteiger partial charge < -0.3 is 0 Å². The van der Waals surface area contributed by atoms with E-state index in [9.17, 15) is 8.42 Å². The predicted molar refractivity (Wildman–Crippen MR) is 74.2 cm³/mol. The van der Waals surface area contributed by atoms with Crippen molar-refractivity contribution in [2.24, 2.45) is 0 Å². The van der Waals surface area contributed by atoms with E-state index < -0.39 is 10.1 Å². The van der Waals surface area contributed by atoms with Crippen molar-refractivity contribution in [1.82, 2.24) is 4.98 Å². The maximum absolute atomic E-state index is 11.3. The summed E-state index contributed by atoms with van der Waals surface area (Å²) in [5, 5.41) is 0. The zero-order chi connectivity index (χ0) is 14.1. The average molecular weight is 279 g/mol. The average Bonchev–Trinajstić information content (AvgIpc) is 2.42. The minimum Gasteiger partial charge on any atom is -0.267 e. The number of aromatic nitrogens is 1. The first kappa shape index (κ1) is 15.3. The Morgan fingerprint density at radius 1 is 1.05 bits per heavy atom. The fourth-order valence-corrected chi connectivity index (χ4v) is 2.16. The SMILES string of the molecule is CCOS(=O)(=O)c1ccc(C)cc1.c1ccncc1. The van der Waals surface area contributed by atoms with Crippen molar-refractivity contribution in [3.05, 3.63) is 60.4 Å². The molecule has 1 aromatic carbocycles. The van der Waals surface area contributed by atoms with Gasteiger partial charge in [-0.05, 0) is 38.1 Å². The number of hydrogen-bond acceptors (Lipinski definition) is 4. The van der Waals surface area contributed by atoms with Crippen LogP contribution in [0.25, 0.3) is 0 Å². The molecule has 2 rings (SSSR count). The Labute approximate surface area is 114 Å². The van der Waals surface area contributed by atoms with Crippen molar-refractivity contribution < 1.29 is 12.6 Å². The molecule has 0 spiro atoms. The monoisotopic (exact) mass is 279 g/mol. The molecule has 0 unspecified atom stereocenters. The van der Waals surface area contributed by atoms with E-state index >= 15 is 0 Å². The smallest absolute Gasteiger partial charge is 0.267 e. The van der Waals surface area contributed by atoms with Crippen molar-refractivity contribution in [3.63, 3.8) is 0 Å². The van der Waals surface area contributed by atoms with Gasteiger partial charge in [0.25, 0.3) is 10.1 Å². The highest BCUT2D eigenvalue weighted by atomic mass is 32.2. The molecule has 1 aromatic heterocycles. The van der Waals surface area contributed by atoms with E-state index in [0.29, 0.717) is 0 Å². The lowest BCUT2D eigenvalue weighted by molar-refractivity contribution is 0.338. The Balaban J connectivity index is 0.000000250. The molecule has 2 aromatic rings. The molecule has 0 fully saturated rings. The lowest BCUT2D eigenvalue weighted by atomic mass is 10.2. The fraction of sp³-hybridized carbons (Fsp3) is 0.214. The summed E-state index contributed by atoms with van der Waals surface area (Å²) in [6, 6.07) is 12.3. The first-order valence-electron chi connectivity index (χ1n) is 5.87. The summed E-state index contributed by atoms with van der Waals surface area (Å²) in [6.07, 6.45) is 3.50. The van der Waals surface area contributed by atoms with E-state index in [1.54, 1.807) is 43.6 Å². The van der Waals surface area contributed by atoms with Gasteiger partial charge in [0.05, 0.1) is 11.5 Å². The lowest BCUT2D eigenvalue weighted by Crippen LogP contribution is -2.05. The number of pyridine rings is 1. The third-order valence-electron chi connectivity index (χ3n) is 2.15. The molecule has 4 nitrogen and oxygen atoms in total. The van der Waals surface area contributed by atoms with Crippen LogP contribution in [0.1, 0.15) is 12.5 Å². The minimum absolute atomic E-state index is 0.163. The van der Waals surface area contributed by atoms with E-state index in [2.05, 4.69) is 9.17 Å². The highest BCUT2D eigenvalue weighted by Gasteiger charge is 2.12. The van der Waals surface area contributed by atoms with Crippen LogP contribution in [0, 0.1) is 6.92 Å². The molecule has 0 atom stereocenters.